The summed E-state index contributed by atoms with van der Waals surface area (Å²) in [6, 6.07) is 5.47. The highest BCUT2D eigenvalue weighted by atomic mass is 16.1. The molecule has 82 valence electrons. The van der Waals surface area contributed by atoms with Crippen molar-refractivity contribution in [2.45, 2.75) is 33.6 Å². The lowest BCUT2D eigenvalue weighted by Gasteiger charge is -2.21. The summed E-state index contributed by atoms with van der Waals surface area (Å²) in [5.41, 5.74) is 0.0544. The molecule has 0 spiro atoms. The number of nitrogens with zero attached hydrogens (tertiary/aromatic N) is 1. The van der Waals surface area contributed by atoms with Gasteiger partial charge in [0.05, 0.1) is 0 Å². The Labute approximate surface area is 90.9 Å². The van der Waals surface area contributed by atoms with Crippen molar-refractivity contribution in [1.29, 1.82) is 0 Å². The van der Waals surface area contributed by atoms with Gasteiger partial charge in [0.15, 0.2) is 0 Å². The molecule has 0 bridgehead atoms. The van der Waals surface area contributed by atoms with Gasteiger partial charge >= 0.3 is 0 Å². The van der Waals surface area contributed by atoms with Gasteiger partial charge < -0.3 is 5.32 Å². The lowest BCUT2D eigenvalue weighted by atomic mass is 9.86. The first-order valence-electron chi connectivity index (χ1n) is 5.24. The van der Waals surface area contributed by atoms with Crippen LogP contribution in [0, 0.1) is 5.41 Å². The first-order chi connectivity index (χ1) is 7.03. The van der Waals surface area contributed by atoms with E-state index >= 15 is 0 Å². The molecule has 0 aliphatic rings. The molecule has 3 nitrogen and oxygen atoms in total. The van der Waals surface area contributed by atoms with E-state index in [9.17, 15) is 4.79 Å². The Bertz CT molecular complexity index is 320. The minimum Gasteiger partial charge on any atom is -0.311 e. The normalized spacial score (nSPS) is 11.1. The van der Waals surface area contributed by atoms with Gasteiger partial charge in [-0.1, -0.05) is 33.3 Å². The first kappa shape index (κ1) is 11.7. The zero-order valence-corrected chi connectivity index (χ0v) is 9.58. The molecule has 0 atom stereocenters. The van der Waals surface area contributed by atoms with Crippen LogP contribution in [-0.4, -0.2) is 10.9 Å². The highest BCUT2D eigenvalue weighted by Gasteiger charge is 2.19. The molecule has 0 aromatic carbocycles. The number of hydrogen-bond acceptors (Lipinski definition) is 2. The van der Waals surface area contributed by atoms with Crippen molar-refractivity contribution in [1.82, 2.24) is 4.98 Å². The Hall–Kier alpha value is -1.38. The summed E-state index contributed by atoms with van der Waals surface area (Å²) in [5, 5.41) is 2.78. The fraction of sp³-hybridized carbons (Fsp3) is 0.500. The lowest BCUT2D eigenvalue weighted by Crippen LogP contribution is -2.21. The largest absolute Gasteiger partial charge is 0.311 e. The number of aromatic nitrogens is 1. The fourth-order valence-electron chi connectivity index (χ4n) is 1.18. The molecular formula is C12H18N2O. The third-order valence-electron chi connectivity index (χ3n) is 2.53. The summed E-state index contributed by atoms with van der Waals surface area (Å²) in [6.45, 7) is 6.27. The topological polar surface area (TPSA) is 42.0 Å². The molecule has 0 fully saturated rings. The van der Waals surface area contributed by atoms with Crippen LogP contribution < -0.4 is 5.32 Å². The Morgan fingerprint density at radius 2 is 2.20 bits per heavy atom. The van der Waals surface area contributed by atoms with Crippen LogP contribution in [-0.2, 0) is 4.79 Å². The van der Waals surface area contributed by atoms with Gasteiger partial charge in [-0.15, -0.1) is 0 Å². The molecule has 0 aliphatic heterocycles. The summed E-state index contributed by atoms with van der Waals surface area (Å²) < 4.78 is 0. The molecular weight excluding hydrogens is 188 g/mol. The zero-order valence-electron chi connectivity index (χ0n) is 9.58. The summed E-state index contributed by atoms with van der Waals surface area (Å²) in [6.07, 6.45) is 3.18. The van der Waals surface area contributed by atoms with E-state index in [2.05, 4.69) is 31.1 Å². The number of carbonyl (C=O) groups is 1. The van der Waals surface area contributed by atoms with Crippen molar-refractivity contribution in [2.24, 2.45) is 5.41 Å². The second-order valence-corrected chi connectivity index (χ2v) is 4.46. The predicted molar refractivity (Wildman–Crippen MR) is 61.6 cm³/mol. The first-order valence-corrected chi connectivity index (χ1v) is 5.24. The number of hydrogen-bond donors (Lipinski definition) is 1. The van der Waals surface area contributed by atoms with E-state index in [4.69, 9.17) is 0 Å². The van der Waals surface area contributed by atoms with Gasteiger partial charge in [-0.25, -0.2) is 4.98 Å². The van der Waals surface area contributed by atoms with Crippen LogP contribution >= 0.6 is 0 Å². The number of pyridine rings is 1. The third kappa shape index (κ3) is 4.11. The molecule has 0 saturated heterocycles. The highest BCUT2D eigenvalue weighted by Crippen LogP contribution is 2.24. The van der Waals surface area contributed by atoms with E-state index in [1.807, 2.05) is 12.1 Å². The molecule has 1 heterocycles. The Morgan fingerprint density at radius 1 is 1.47 bits per heavy atom. The Morgan fingerprint density at radius 3 is 2.73 bits per heavy atom. The lowest BCUT2D eigenvalue weighted by molar-refractivity contribution is -0.118. The number of anilines is 1. The fourth-order valence-corrected chi connectivity index (χ4v) is 1.18. The number of amides is 1. The van der Waals surface area contributed by atoms with Gasteiger partial charge in [-0.3, -0.25) is 4.79 Å². The van der Waals surface area contributed by atoms with Crippen LogP contribution in [0.1, 0.15) is 33.6 Å². The van der Waals surface area contributed by atoms with Gasteiger partial charge in [0.1, 0.15) is 5.82 Å². The van der Waals surface area contributed by atoms with Crippen molar-refractivity contribution >= 4 is 11.7 Å². The number of carbonyl (C=O) groups excluding carboxylic acids is 1. The summed E-state index contributed by atoms with van der Waals surface area (Å²) in [4.78, 5) is 15.7. The van der Waals surface area contributed by atoms with Gasteiger partial charge in [-0.05, 0) is 17.5 Å². The average Bonchev–Trinajstić information content (AvgIpc) is 2.18. The van der Waals surface area contributed by atoms with Crippen molar-refractivity contribution in [2.75, 3.05) is 5.32 Å². The van der Waals surface area contributed by atoms with E-state index in [0.29, 0.717) is 12.2 Å². The zero-order chi connectivity index (χ0) is 11.3. The average molecular weight is 206 g/mol. The van der Waals surface area contributed by atoms with Crippen LogP contribution in [0.25, 0.3) is 0 Å². The van der Waals surface area contributed by atoms with Crippen molar-refractivity contribution in [3.63, 3.8) is 0 Å². The van der Waals surface area contributed by atoms with Gasteiger partial charge in [0.2, 0.25) is 5.91 Å². The molecule has 3 heteroatoms. The second kappa shape index (κ2) is 4.91. The molecule has 1 aromatic heterocycles. The maximum atomic E-state index is 11.6. The minimum atomic E-state index is 0.0283. The van der Waals surface area contributed by atoms with Crippen LogP contribution in [0.15, 0.2) is 24.4 Å². The summed E-state index contributed by atoms with van der Waals surface area (Å²) in [7, 11) is 0. The molecule has 1 amide bonds. The molecule has 1 rings (SSSR count). The summed E-state index contributed by atoms with van der Waals surface area (Å²) >= 11 is 0. The SMILES string of the molecule is CCC(C)(C)CC(=O)Nc1ccccn1. The van der Waals surface area contributed by atoms with E-state index in [1.54, 1.807) is 12.3 Å². The van der Waals surface area contributed by atoms with E-state index in [1.165, 1.54) is 0 Å². The van der Waals surface area contributed by atoms with Gasteiger partial charge in [0.25, 0.3) is 0 Å². The maximum absolute atomic E-state index is 11.6. The van der Waals surface area contributed by atoms with Crippen LogP contribution in [0.2, 0.25) is 0 Å². The predicted octanol–water partition coefficient (Wildman–Crippen LogP) is 2.85. The van der Waals surface area contributed by atoms with Gasteiger partial charge in [0, 0.05) is 12.6 Å². The molecule has 0 saturated carbocycles. The third-order valence-corrected chi connectivity index (χ3v) is 2.53. The minimum absolute atomic E-state index is 0.0283. The Balaban J connectivity index is 2.51. The second-order valence-electron chi connectivity index (χ2n) is 4.46. The number of rotatable bonds is 4. The van der Waals surface area contributed by atoms with Crippen LogP contribution in [0.5, 0.6) is 0 Å². The molecule has 1 N–H and O–H groups in total. The standard InChI is InChI=1S/C12H18N2O/c1-4-12(2,3)9-11(15)14-10-7-5-6-8-13-10/h5-8H,4,9H2,1-3H3,(H,13,14,15). The van der Waals surface area contributed by atoms with Crippen molar-refractivity contribution < 1.29 is 4.79 Å². The highest BCUT2D eigenvalue weighted by molar-refractivity contribution is 5.90. The van der Waals surface area contributed by atoms with E-state index < -0.39 is 0 Å². The van der Waals surface area contributed by atoms with Crippen molar-refractivity contribution in [3.8, 4) is 0 Å². The monoisotopic (exact) mass is 206 g/mol. The van der Waals surface area contributed by atoms with E-state index in [0.717, 1.165) is 6.42 Å². The van der Waals surface area contributed by atoms with Crippen LogP contribution in [0.4, 0.5) is 5.82 Å². The molecule has 0 aliphatic carbocycles. The molecule has 15 heavy (non-hydrogen) atoms. The van der Waals surface area contributed by atoms with Crippen LogP contribution in [0.3, 0.4) is 0 Å². The number of nitrogens with one attached hydrogen (secondary N) is 1. The maximum Gasteiger partial charge on any atom is 0.226 e. The summed E-state index contributed by atoms with van der Waals surface area (Å²) in [5.74, 6) is 0.648. The Kier molecular flexibility index (Phi) is 3.83. The molecule has 1 aromatic rings. The molecule has 0 unspecified atom stereocenters. The van der Waals surface area contributed by atoms with Gasteiger partial charge in [-0.2, -0.15) is 0 Å². The molecule has 0 radical (unpaired) electrons. The van der Waals surface area contributed by atoms with Crippen molar-refractivity contribution in [3.05, 3.63) is 24.4 Å². The van der Waals surface area contributed by atoms with E-state index in [-0.39, 0.29) is 11.3 Å². The smallest absolute Gasteiger partial charge is 0.226 e. The quantitative estimate of drug-likeness (QED) is 0.823.